The Labute approximate surface area is 209 Å². The van der Waals surface area contributed by atoms with Crippen molar-refractivity contribution in [2.24, 2.45) is 0 Å². The Kier molecular flexibility index (Phi) is 7.15. The Morgan fingerprint density at radius 2 is 2.05 bits per heavy atom. The highest BCUT2D eigenvalue weighted by atomic mass is 19.4. The number of rotatable bonds is 7. The van der Waals surface area contributed by atoms with Gasteiger partial charge in [0.05, 0.1) is 36.0 Å². The number of alkyl halides is 3. The van der Waals surface area contributed by atoms with E-state index in [-0.39, 0.29) is 43.8 Å². The molecule has 9 nitrogen and oxygen atoms in total. The third kappa shape index (κ3) is 4.98. The average Bonchev–Trinajstić information content (AvgIpc) is 3.42. The summed E-state index contributed by atoms with van der Waals surface area (Å²) >= 11 is 0. The molecule has 3 atom stereocenters. The van der Waals surface area contributed by atoms with E-state index in [1.807, 2.05) is 6.92 Å². The van der Waals surface area contributed by atoms with Crippen LogP contribution < -0.4 is 21.1 Å². The first kappa shape index (κ1) is 26.8. The summed E-state index contributed by atoms with van der Waals surface area (Å²) in [5, 5.41) is 25.4. The normalized spacial score (nSPS) is 21.9. The summed E-state index contributed by atoms with van der Waals surface area (Å²) in [5.41, 5.74) is 5.50. The van der Waals surface area contributed by atoms with Gasteiger partial charge in [-0.25, -0.2) is 8.78 Å². The number of aliphatic hydroxyl groups excluding tert-OH is 1. The number of aliphatic hydroxyl groups is 1. The zero-order valence-electron chi connectivity index (χ0n) is 20.0. The van der Waals surface area contributed by atoms with Gasteiger partial charge >= 0.3 is 6.18 Å². The van der Waals surface area contributed by atoms with E-state index in [1.165, 1.54) is 4.90 Å². The minimum atomic E-state index is -4.74. The molecule has 200 valence electrons. The number of benzene rings is 1. The number of nitriles is 1. The molecule has 4 N–H and O–H groups in total. The molecule has 0 bridgehead atoms. The van der Waals surface area contributed by atoms with Crippen molar-refractivity contribution in [2.75, 3.05) is 24.5 Å². The SMILES string of the molecule is CC1NNCC1c1cn(C2(CC#N)CN(c3cc(F)c(C(=O)N[C@@H](C)C(F)(F)F)cc3F)C2)nc1CO. The number of nitrogens with zero attached hydrogens (tertiary/aromatic N) is 4. The molecule has 1 aromatic carbocycles. The van der Waals surface area contributed by atoms with Crippen molar-refractivity contribution in [1.82, 2.24) is 25.9 Å². The monoisotopic (exact) mass is 527 g/mol. The lowest BCUT2D eigenvalue weighted by molar-refractivity contribution is -0.149. The van der Waals surface area contributed by atoms with Gasteiger partial charge in [0, 0.05) is 49.4 Å². The number of nitrogens with one attached hydrogen (secondary N) is 3. The Balaban J connectivity index is 1.56. The minimum Gasteiger partial charge on any atom is -0.390 e. The molecule has 14 heteroatoms. The fourth-order valence-electron chi connectivity index (χ4n) is 4.71. The van der Waals surface area contributed by atoms with Gasteiger partial charge in [-0.3, -0.25) is 20.3 Å². The van der Waals surface area contributed by atoms with Crippen LogP contribution in [0.4, 0.5) is 27.6 Å². The van der Waals surface area contributed by atoms with Crippen molar-refractivity contribution >= 4 is 11.6 Å². The van der Waals surface area contributed by atoms with Gasteiger partial charge in [-0.2, -0.15) is 23.5 Å². The highest BCUT2D eigenvalue weighted by molar-refractivity contribution is 5.95. The molecule has 2 fully saturated rings. The van der Waals surface area contributed by atoms with Gasteiger partial charge in [0.2, 0.25) is 0 Å². The number of carbonyl (C=O) groups is 1. The molecule has 1 amide bonds. The first-order chi connectivity index (χ1) is 17.4. The Bertz CT molecular complexity index is 1220. The summed E-state index contributed by atoms with van der Waals surface area (Å²) in [6.45, 7) is 3.13. The van der Waals surface area contributed by atoms with E-state index >= 15 is 0 Å². The van der Waals surface area contributed by atoms with Gasteiger partial charge in [-0.05, 0) is 19.9 Å². The maximum absolute atomic E-state index is 14.9. The number of hydrogen-bond acceptors (Lipinski definition) is 7. The van der Waals surface area contributed by atoms with Crippen molar-refractivity contribution < 1.29 is 31.9 Å². The number of anilines is 1. The number of hydrazine groups is 1. The van der Waals surface area contributed by atoms with Crippen LogP contribution in [0.3, 0.4) is 0 Å². The first-order valence-electron chi connectivity index (χ1n) is 11.6. The highest BCUT2D eigenvalue weighted by Crippen LogP contribution is 2.39. The van der Waals surface area contributed by atoms with E-state index < -0.39 is 40.9 Å². The van der Waals surface area contributed by atoms with Crippen LogP contribution in [0.5, 0.6) is 0 Å². The van der Waals surface area contributed by atoms with Crippen LogP contribution in [0.15, 0.2) is 18.3 Å². The number of halogens is 5. The zero-order valence-corrected chi connectivity index (χ0v) is 20.0. The molecule has 4 rings (SSSR count). The van der Waals surface area contributed by atoms with Crippen molar-refractivity contribution in [3.63, 3.8) is 0 Å². The standard InChI is InChI=1S/C23H26F5N7O2/c1-12-15(7-30-32-12)16-8-35(33-19(16)9-36)22(3-4-29)10-34(11-22)20-6-17(24)14(5-18(20)25)21(37)31-13(2)23(26,27)28/h5-6,8,12-13,15,30,32,36H,3,7,9-11H2,1-2H3,(H,31,37)/t12?,13-,15?/m0/s1. The third-order valence-electron chi connectivity index (χ3n) is 6.95. The summed E-state index contributed by atoms with van der Waals surface area (Å²) in [5.74, 6) is -3.54. The largest absolute Gasteiger partial charge is 0.408 e. The van der Waals surface area contributed by atoms with Crippen LogP contribution in [0.25, 0.3) is 0 Å². The van der Waals surface area contributed by atoms with E-state index in [1.54, 1.807) is 16.2 Å². The molecule has 2 unspecified atom stereocenters. The molecular weight excluding hydrogens is 501 g/mol. The Morgan fingerprint density at radius 1 is 1.35 bits per heavy atom. The van der Waals surface area contributed by atoms with E-state index in [0.29, 0.717) is 25.2 Å². The van der Waals surface area contributed by atoms with Crippen LogP contribution >= 0.6 is 0 Å². The Morgan fingerprint density at radius 3 is 2.62 bits per heavy atom. The number of aromatic nitrogens is 2. The van der Waals surface area contributed by atoms with Crippen molar-refractivity contribution in [2.45, 2.75) is 56.6 Å². The molecular formula is C23H26F5N7O2. The van der Waals surface area contributed by atoms with Crippen molar-refractivity contribution in [3.05, 3.63) is 46.8 Å². The molecule has 2 saturated heterocycles. The van der Waals surface area contributed by atoms with Crippen LogP contribution in [-0.4, -0.2) is 58.7 Å². The molecule has 2 aliphatic heterocycles. The van der Waals surface area contributed by atoms with Crippen molar-refractivity contribution in [1.29, 1.82) is 5.26 Å². The summed E-state index contributed by atoms with van der Waals surface area (Å²) < 4.78 is 69.3. The fourth-order valence-corrected chi connectivity index (χ4v) is 4.71. The van der Waals surface area contributed by atoms with E-state index in [2.05, 4.69) is 22.0 Å². The van der Waals surface area contributed by atoms with Crippen LogP contribution in [-0.2, 0) is 12.1 Å². The van der Waals surface area contributed by atoms with Crippen LogP contribution in [0.2, 0.25) is 0 Å². The van der Waals surface area contributed by atoms with Crippen molar-refractivity contribution in [3.8, 4) is 6.07 Å². The zero-order chi connectivity index (χ0) is 27.1. The van der Waals surface area contributed by atoms with Gasteiger partial charge in [-0.1, -0.05) is 0 Å². The fraction of sp³-hybridized carbons (Fsp3) is 0.522. The highest BCUT2D eigenvalue weighted by Gasteiger charge is 2.47. The molecule has 0 spiro atoms. The molecule has 0 aliphatic carbocycles. The molecule has 0 radical (unpaired) electrons. The second kappa shape index (κ2) is 9.88. The minimum absolute atomic E-state index is 0.00608. The average molecular weight is 527 g/mol. The lowest BCUT2D eigenvalue weighted by atomic mass is 9.86. The molecule has 1 aromatic heterocycles. The van der Waals surface area contributed by atoms with Gasteiger partial charge < -0.3 is 15.3 Å². The maximum atomic E-state index is 14.9. The number of carbonyl (C=O) groups excluding carboxylic acids is 1. The van der Waals surface area contributed by atoms with Gasteiger partial charge in [0.1, 0.15) is 23.2 Å². The number of hydrogen-bond donors (Lipinski definition) is 4. The predicted molar refractivity (Wildman–Crippen MR) is 121 cm³/mol. The maximum Gasteiger partial charge on any atom is 0.408 e. The molecule has 37 heavy (non-hydrogen) atoms. The lowest BCUT2D eigenvalue weighted by Crippen LogP contribution is -2.63. The summed E-state index contributed by atoms with van der Waals surface area (Å²) in [4.78, 5) is 13.6. The van der Waals surface area contributed by atoms with E-state index in [0.717, 1.165) is 11.6 Å². The molecule has 2 aromatic rings. The van der Waals surface area contributed by atoms with Crippen LogP contribution in [0, 0.1) is 23.0 Å². The molecule has 3 heterocycles. The smallest absolute Gasteiger partial charge is 0.390 e. The van der Waals surface area contributed by atoms with E-state index in [9.17, 15) is 37.1 Å². The van der Waals surface area contributed by atoms with Gasteiger partial charge in [-0.15, -0.1) is 0 Å². The van der Waals surface area contributed by atoms with Gasteiger partial charge in [0.25, 0.3) is 5.91 Å². The van der Waals surface area contributed by atoms with E-state index in [4.69, 9.17) is 0 Å². The van der Waals surface area contributed by atoms with Gasteiger partial charge in [0.15, 0.2) is 0 Å². The lowest BCUT2D eigenvalue weighted by Gasteiger charge is -2.50. The second-order valence-corrected chi connectivity index (χ2v) is 9.49. The Hall–Kier alpha value is -3.28. The summed E-state index contributed by atoms with van der Waals surface area (Å²) in [7, 11) is 0. The summed E-state index contributed by atoms with van der Waals surface area (Å²) in [6.07, 6.45) is -2.97. The topological polar surface area (TPSA) is 118 Å². The second-order valence-electron chi connectivity index (χ2n) is 9.49. The first-order valence-corrected chi connectivity index (χ1v) is 11.6. The number of amides is 1. The summed E-state index contributed by atoms with van der Waals surface area (Å²) in [6, 6.07) is 1.24. The predicted octanol–water partition coefficient (Wildman–Crippen LogP) is 2.04. The molecule has 0 saturated carbocycles. The molecule has 2 aliphatic rings. The quantitative estimate of drug-likeness (QED) is 0.407. The van der Waals surface area contributed by atoms with Crippen LogP contribution in [0.1, 0.15) is 47.8 Å². The third-order valence-corrected chi connectivity index (χ3v) is 6.95.